The van der Waals surface area contributed by atoms with Crippen molar-refractivity contribution in [1.29, 1.82) is 0 Å². The van der Waals surface area contributed by atoms with Crippen LogP contribution in [0.3, 0.4) is 0 Å². The van der Waals surface area contributed by atoms with Crippen molar-refractivity contribution in [3.05, 3.63) is 29.3 Å². The van der Waals surface area contributed by atoms with Crippen molar-refractivity contribution < 1.29 is 5.11 Å². The van der Waals surface area contributed by atoms with Crippen LogP contribution in [0.25, 0.3) is 0 Å². The van der Waals surface area contributed by atoms with Crippen molar-refractivity contribution in [3.8, 4) is 5.75 Å². The molecule has 0 aromatic heterocycles. The largest absolute Gasteiger partial charge is 0.508 e. The summed E-state index contributed by atoms with van der Waals surface area (Å²) in [5, 5.41) is 13.3. The SMILES string of the molecule is Cc1ccc(O)c(CNC2CCC(N)CC2)c1. The van der Waals surface area contributed by atoms with Gasteiger partial charge in [0.15, 0.2) is 0 Å². The zero-order chi connectivity index (χ0) is 12.3. The fraction of sp³-hybridized carbons (Fsp3) is 0.571. The first-order valence-electron chi connectivity index (χ1n) is 6.42. The molecule has 17 heavy (non-hydrogen) atoms. The predicted octanol–water partition coefficient (Wildman–Crippen LogP) is 2.06. The van der Waals surface area contributed by atoms with Gasteiger partial charge < -0.3 is 16.2 Å². The van der Waals surface area contributed by atoms with Gasteiger partial charge in [0.2, 0.25) is 0 Å². The predicted molar refractivity (Wildman–Crippen MR) is 69.9 cm³/mol. The summed E-state index contributed by atoms with van der Waals surface area (Å²) in [6.07, 6.45) is 4.51. The summed E-state index contributed by atoms with van der Waals surface area (Å²) in [6, 6.07) is 6.67. The standard InChI is InChI=1S/C14H22N2O/c1-10-2-7-14(17)11(8-10)9-16-13-5-3-12(15)4-6-13/h2,7-8,12-13,16-17H,3-6,9,15H2,1H3. The van der Waals surface area contributed by atoms with Crippen LogP contribution in [0.5, 0.6) is 5.75 Å². The number of nitrogens with one attached hydrogen (secondary N) is 1. The maximum Gasteiger partial charge on any atom is 0.120 e. The monoisotopic (exact) mass is 234 g/mol. The molecule has 0 amide bonds. The van der Waals surface area contributed by atoms with E-state index in [4.69, 9.17) is 5.73 Å². The highest BCUT2D eigenvalue weighted by Crippen LogP contribution is 2.20. The average molecular weight is 234 g/mol. The molecule has 1 aromatic carbocycles. The minimum Gasteiger partial charge on any atom is -0.508 e. The van der Waals surface area contributed by atoms with Gasteiger partial charge in [-0.1, -0.05) is 17.7 Å². The summed E-state index contributed by atoms with van der Waals surface area (Å²) in [5.74, 6) is 0.385. The summed E-state index contributed by atoms with van der Waals surface area (Å²) in [4.78, 5) is 0. The molecule has 1 saturated carbocycles. The number of nitrogens with two attached hydrogens (primary N) is 1. The Morgan fingerprint density at radius 1 is 1.29 bits per heavy atom. The van der Waals surface area contributed by atoms with Crippen molar-refractivity contribution in [2.75, 3.05) is 0 Å². The molecule has 1 fully saturated rings. The van der Waals surface area contributed by atoms with Crippen LogP contribution in [0, 0.1) is 6.92 Å². The molecule has 0 spiro atoms. The number of hydrogen-bond donors (Lipinski definition) is 3. The molecule has 3 heteroatoms. The highest BCUT2D eigenvalue weighted by molar-refractivity contribution is 5.35. The van der Waals surface area contributed by atoms with Gasteiger partial charge in [0.1, 0.15) is 5.75 Å². The fourth-order valence-corrected chi connectivity index (χ4v) is 2.43. The Balaban J connectivity index is 1.87. The lowest BCUT2D eigenvalue weighted by molar-refractivity contribution is 0.340. The first kappa shape index (κ1) is 12.4. The Hall–Kier alpha value is -1.06. The molecule has 0 saturated heterocycles. The van der Waals surface area contributed by atoms with Crippen LogP contribution in [0.4, 0.5) is 0 Å². The topological polar surface area (TPSA) is 58.3 Å². The van der Waals surface area contributed by atoms with Gasteiger partial charge in [0, 0.05) is 24.2 Å². The van der Waals surface area contributed by atoms with Gasteiger partial charge in [0.05, 0.1) is 0 Å². The van der Waals surface area contributed by atoms with Gasteiger partial charge >= 0.3 is 0 Å². The van der Waals surface area contributed by atoms with Gasteiger partial charge in [-0.05, 0) is 38.7 Å². The zero-order valence-electron chi connectivity index (χ0n) is 10.4. The third-order valence-corrected chi connectivity index (χ3v) is 3.59. The molecule has 0 atom stereocenters. The fourth-order valence-electron chi connectivity index (χ4n) is 2.43. The van der Waals surface area contributed by atoms with E-state index in [0.717, 1.165) is 37.8 Å². The zero-order valence-corrected chi connectivity index (χ0v) is 10.4. The molecule has 1 aliphatic rings. The van der Waals surface area contributed by atoms with Crippen LogP contribution in [-0.4, -0.2) is 17.2 Å². The summed E-state index contributed by atoms with van der Waals surface area (Å²) >= 11 is 0. The van der Waals surface area contributed by atoms with Crippen molar-refractivity contribution in [3.63, 3.8) is 0 Å². The number of phenolic OH excluding ortho intramolecular Hbond substituents is 1. The first-order valence-corrected chi connectivity index (χ1v) is 6.42. The van der Waals surface area contributed by atoms with E-state index < -0.39 is 0 Å². The van der Waals surface area contributed by atoms with Crippen LogP contribution in [0.1, 0.15) is 36.8 Å². The molecule has 0 bridgehead atoms. The maximum absolute atomic E-state index is 9.75. The highest BCUT2D eigenvalue weighted by Gasteiger charge is 2.18. The maximum atomic E-state index is 9.75. The van der Waals surface area contributed by atoms with Crippen molar-refractivity contribution in [1.82, 2.24) is 5.32 Å². The van der Waals surface area contributed by atoms with E-state index in [9.17, 15) is 5.11 Å². The van der Waals surface area contributed by atoms with Crippen LogP contribution in [0.2, 0.25) is 0 Å². The molecule has 1 aromatic rings. The Bertz CT molecular complexity index is 370. The molecule has 1 aliphatic carbocycles. The summed E-state index contributed by atoms with van der Waals surface area (Å²) in [5.41, 5.74) is 8.05. The lowest BCUT2D eigenvalue weighted by Crippen LogP contribution is -2.37. The summed E-state index contributed by atoms with van der Waals surface area (Å²) in [7, 11) is 0. The van der Waals surface area contributed by atoms with E-state index in [1.165, 1.54) is 5.56 Å². The van der Waals surface area contributed by atoms with Crippen molar-refractivity contribution >= 4 is 0 Å². The van der Waals surface area contributed by atoms with Crippen LogP contribution in [-0.2, 0) is 6.54 Å². The van der Waals surface area contributed by atoms with Crippen LogP contribution in [0.15, 0.2) is 18.2 Å². The van der Waals surface area contributed by atoms with Crippen molar-refractivity contribution in [2.45, 2.75) is 51.2 Å². The Morgan fingerprint density at radius 2 is 2.00 bits per heavy atom. The molecule has 2 rings (SSSR count). The summed E-state index contributed by atoms with van der Waals surface area (Å²) < 4.78 is 0. The Labute approximate surface area is 103 Å². The molecule has 94 valence electrons. The number of phenols is 1. The minimum absolute atomic E-state index is 0.385. The third-order valence-electron chi connectivity index (χ3n) is 3.59. The van der Waals surface area contributed by atoms with Crippen LogP contribution < -0.4 is 11.1 Å². The minimum atomic E-state index is 0.385. The number of aryl methyl sites for hydroxylation is 1. The van der Waals surface area contributed by atoms with E-state index in [0.29, 0.717) is 17.8 Å². The molecular weight excluding hydrogens is 212 g/mol. The quantitative estimate of drug-likeness (QED) is 0.750. The number of aromatic hydroxyl groups is 1. The number of hydrogen-bond acceptors (Lipinski definition) is 3. The molecule has 0 unspecified atom stereocenters. The van der Waals surface area contributed by atoms with Gasteiger partial charge in [-0.2, -0.15) is 0 Å². The van der Waals surface area contributed by atoms with Gasteiger partial charge in [-0.3, -0.25) is 0 Å². The summed E-state index contributed by atoms with van der Waals surface area (Å²) in [6.45, 7) is 2.79. The van der Waals surface area contributed by atoms with E-state index >= 15 is 0 Å². The Kier molecular flexibility index (Phi) is 4.02. The molecule has 3 nitrogen and oxygen atoms in total. The van der Waals surface area contributed by atoms with E-state index in [2.05, 4.69) is 5.32 Å². The normalized spacial score (nSPS) is 24.8. The lowest BCUT2D eigenvalue weighted by atomic mass is 9.91. The molecule has 0 heterocycles. The first-order chi connectivity index (χ1) is 8.15. The van der Waals surface area contributed by atoms with E-state index in [-0.39, 0.29) is 0 Å². The molecule has 0 radical (unpaired) electrons. The van der Waals surface area contributed by atoms with Gasteiger partial charge in [-0.25, -0.2) is 0 Å². The van der Waals surface area contributed by atoms with Gasteiger partial charge in [0.25, 0.3) is 0 Å². The van der Waals surface area contributed by atoms with E-state index in [1.807, 2.05) is 19.1 Å². The highest BCUT2D eigenvalue weighted by atomic mass is 16.3. The van der Waals surface area contributed by atoms with Crippen molar-refractivity contribution in [2.24, 2.45) is 5.73 Å². The Morgan fingerprint density at radius 3 is 2.71 bits per heavy atom. The number of rotatable bonds is 3. The second kappa shape index (κ2) is 5.52. The number of benzene rings is 1. The average Bonchev–Trinajstić information content (AvgIpc) is 2.32. The molecule has 4 N–H and O–H groups in total. The molecule has 0 aliphatic heterocycles. The second-order valence-corrected chi connectivity index (χ2v) is 5.12. The lowest BCUT2D eigenvalue weighted by Gasteiger charge is -2.27. The smallest absolute Gasteiger partial charge is 0.120 e. The third kappa shape index (κ3) is 3.45. The molecular formula is C14H22N2O. The second-order valence-electron chi connectivity index (χ2n) is 5.12. The van der Waals surface area contributed by atoms with Crippen LogP contribution >= 0.6 is 0 Å². The van der Waals surface area contributed by atoms with E-state index in [1.54, 1.807) is 6.07 Å². The van der Waals surface area contributed by atoms with Gasteiger partial charge in [-0.15, -0.1) is 0 Å².